The van der Waals surface area contributed by atoms with Crippen LogP contribution in [0.4, 0.5) is 0 Å². The number of nitrogens with zero attached hydrogens (tertiary/aromatic N) is 3. The van der Waals surface area contributed by atoms with Crippen molar-refractivity contribution >= 4 is 18.0 Å². The van der Waals surface area contributed by atoms with Crippen molar-refractivity contribution in [2.24, 2.45) is 0 Å². The highest BCUT2D eigenvalue weighted by molar-refractivity contribution is 5.91. The van der Waals surface area contributed by atoms with Crippen molar-refractivity contribution in [1.29, 1.82) is 0 Å². The zero-order valence-electron chi connectivity index (χ0n) is 13.6. The number of aromatic nitrogens is 2. The summed E-state index contributed by atoms with van der Waals surface area (Å²) >= 11 is 0. The third kappa shape index (κ3) is 4.54. The van der Waals surface area contributed by atoms with E-state index < -0.39 is 12.1 Å². The number of ether oxygens (including phenoxy) is 1. The molecule has 7 nitrogen and oxygen atoms in total. The Balaban J connectivity index is 1.61. The maximum absolute atomic E-state index is 12.3. The van der Waals surface area contributed by atoms with Gasteiger partial charge in [-0.15, -0.1) is 0 Å². The van der Waals surface area contributed by atoms with Crippen molar-refractivity contribution in [3.63, 3.8) is 0 Å². The predicted molar refractivity (Wildman–Crippen MR) is 91.2 cm³/mol. The molecular weight excluding hydrogens is 322 g/mol. The van der Waals surface area contributed by atoms with E-state index in [0.29, 0.717) is 19.7 Å². The molecule has 0 radical (unpaired) electrons. The predicted octanol–water partition coefficient (Wildman–Crippen LogP) is 1.59. The quantitative estimate of drug-likeness (QED) is 0.835. The normalized spacial score (nSPS) is 17.8. The van der Waals surface area contributed by atoms with Gasteiger partial charge in [0.1, 0.15) is 0 Å². The summed E-state index contributed by atoms with van der Waals surface area (Å²) in [6, 6.07) is 9.69. The van der Waals surface area contributed by atoms with Gasteiger partial charge in [0.2, 0.25) is 5.91 Å². The fraction of sp³-hybridized carbons (Fsp3) is 0.278. The van der Waals surface area contributed by atoms with Crippen LogP contribution < -0.4 is 0 Å². The Hall–Kier alpha value is -2.93. The molecule has 1 amide bonds. The van der Waals surface area contributed by atoms with Gasteiger partial charge in [-0.25, -0.2) is 4.68 Å². The lowest BCUT2D eigenvalue weighted by Crippen LogP contribution is -2.45. The molecule has 2 aromatic rings. The molecule has 0 saturated carbocycles. The average molecular weight is 341 g/mol. The van der Waals surface area contributed by atoms with Crippen LogP contribution in [0.5, 0.6) is 0 Å². The number of para-hydroxylation sites is 1. The molecule has 1 aliphatic rings. The van der Waals surface area contributed by atoms with Gasteiger partial charge in [-0.2, -0.15) is 5.10 Å². The van der Waals surface area contributed by atoms with E-state index in [1.165, 1.54) is 6.08 Å². The van der Waals surface area contributed by atoms with E-state index >= 15 is 0 Å². The Morgan fingerprint density at radius 3 is 2.88 bits per heavy atom. The third-order valence-electron chi connectivity index (χ3n) is 3.89. The number of carbonyl (C=O) groups is 2. The van der Waals surface area contributed by atoms with Crippen LogP contribution in [0.15, 0.2) is 48.8 Å². The summed E-state index contributed by atoms with van der Waals surface area (Å²) in [4.78, 5) is 24.7. The molecule has 7 heteroatoms. The van der Waals surface area contributed by atoms with Crippen LogP contribution in [0.1, 0.15) is 12.0 Å². The van der Waals surface area contributed by atoms with Crippen LogP contribution in [-0.2, 0) is 14.3 Å². The highest BCUT2D eigenvalue weighted by Crippen LogP contribution is 2.11. The summed E-state index contributed by atoms with van der Waals surface area (Å²) in [5.41, 5.74) is 1.76. The van der Waals surface area contributed by atoms with Gasteiger partial charge in [0.25, 0.3) is 0 Å². The van der Waals surface area contributed by atoms with Gasteiger partial charge >= 0.3 is 5.97 Å². The lowest BCUT2D eigenvalue weighted by Gasteiger charge is -2.31. The molecule has 0 bridgehead atoms. The van der Waals surface area contributed by atoms with Crippen LogP contribution in [0, 0.1) is 0 Å². The van der Waals surface area contributed by atoms with Crippen LogP contribution in [0.2, 0.25) is 0 Å². The minimum atomic E-state index is -0.928. The number of carboxylic acid groups (broad SMARTS) is 1. The van der Waals surface area contributed by atoms with E-state index in [-0.39, 0.29) is 12.3 Å². The Morgan fingerprint density at radius 2 is 2.12 bits per heavy atom. The zero-order chi connectivity index (χ0) is 17.6. The maximum Gasteiger partial charge on any atom is 0.306 e. The first kappa shape index (κ1) is 16.9. The third-order valence-corrected chi connectivity index (χ3v) is 3.89. The summed E-state index contributed by atoms with van der Waals surface area (Å²) in [5, 5.41) is 13.1. The van der Waals surface area contributed by atoms with Crippen molar-refractivity contribution in [2.75, 3.05) is 19.7 Å². The van der Waals surface area contributed by atoms with Gasteiger partial charge in [-0.3, -0.25) is 9.59 Å². The second kappa shape index (κ2) is 7.76. The first-order chi connectivity index (χ1) is 12.1. The minimum Gasteiger partial charge on any atom is -0.481 e. The Bertz CT molecular complexity index is 770. The van der Waals surface area contributed by atoms with Gasteiger partial charge in [0, 0.05) is 30.9 Å². The monoisotopic (exact) mass is 341 g/mol. The summed E-state index contributed by atoms with van der Waals surface area (Å²) < 4.78 is 7.11. The van der Waals surface area contributed by atoms with Crippen LogP contribution in [-0.4, -0.2) is 57.5 Å². The van der Waals surface area contributed by atoms with E-state index in [2.05, 4.69) is 5.10 Å². The minimum absolute atomic E-state index is 0.0999. The van der Waals surface area contributed by atoms with E-state index in [1.807, 2.05) is 36.5 Å². The molecule has 0 aliphatic carbocycles. The molecule has 1 N–H and O–H groups in total. The van der Waals surface area contributed by atoms with E-state index in [4.69, 9.17) is 9.84 Å². The number of rotatable bonds is 5. The van der Waals surface area contributed by atoms with E-state index in [9.17, 15) is 9.59 Å². The molecule has 130 valence electrons. The number of carbonyl (C=O) groups excluding carboxylic acids is 1. The van der Waals surface area contributed by atoms with Crippen molar-refractivity contribution in [3.05, 3.63) is 54.4 Å². The number of carboxylic acids is 1. The molecule has 1 aromatic carbocycles. The number of morpholine rings is 1. The lowest BCUT2D eigenvalue weighted by atomic mass is 10.2. The first-order valence-corrected chi connectivity index (χ1v) is 8.02. The smallest absolute Gasteiger partial charge is 0.306 e. The molecule has 1 unspecified atom stereocenters. The number of hydrogen-bond acceptors (Lipinski definition) is 4. The first-order valence-electron chi connectivity index (χ1n) is 8.02. The molecular formula is C18H19N3O4. The number of benzene rings is 1. The molecule has 25 heavy (non-hydrogen) atoms. The van der Waals surface area contributed by atoms with Gasteiger partial charge < -0.3 is 14.7 Å². The van der Waals surface area contributed by atoms with Crippen molar-refractivity contribution in [3.8, 4) is 5.69 Å². The highest BCUT2D eigenvalue weighted by Gasteiger charge is 2.24. The highest BCUT2D eigenvalue weighted by atomic mass is 16.5. The van der Waals surface area contributed by atoms with Crippen molar-refractivity contribution in [1.82, 2.24) is 14.7 Å². The molecule has 3 rings (SSSR count). The molecule has 1 saturated heterocycles. The number of aliphatic carboxylic acids is 1. The average Bonchev–Trinajstić information content (AvgIpc) is 3.09. The largest absolute Gasteiger partial charge is 0.481 e. The molecule has 1 aliphatic heterocycles. The standard InChI is InChI=1S/C18H19N3O4/c22-17(20-8-9-25-16(13-20)10-18(23)24)7-6-14-11-19-21(12-14)15-4-2-1-3-5-15/h1-7,11-12,16H,8-10,13H2,(H,23,24)/b7-6+. The van der Waals surface area contributed by atoms with Crippen molar-refractivity contribution < 1.29 is 19.4 Å². The molecule has 2 heterocycles. The van der Waals surface area contributed by atoms with Crippen LogP contribution in [0.3, 0.4) is 0 Å². The summed E-state index contributed by atoms with van der Waals surface area (Å²) in [6.45, 7) is 1.10. The summed E-state index contributed by atoms with van der Waals surface area (Å²) in [6.07, 6.45) is 6.16. The lowest BCUT2D eigenvalue weighted by molar-refractivity contribution is -0.145. The van der Waals surface area contributed by atoms with Gasteiger partial charge in [0.15, 0.2) is 0 Å². The Morgan fingerprint density at radius 1 is 1.32 bits per heavy atom. The molecule has 1 atom stereocenters. The Labute approximate surface area is 145 Å². The molecule has 1 aromatic heterocycles. The van der Waals surface area contributed by atoms with Crippen LogP contribution in [0.25, 0.3) is 11.8 Å². The second-order valence-corrected chi connectivity index (χ2v) is 5.76. The topological polar surface area (TPSA) is 84.7 Å². The van der Waals surface area contributed by atoms with Gasteiger partial charge in [-0.1, -0.05) is 18.2 Å². The van der Waals surface area contributed by atoms with E-state index in [0.717, 1.165) is 11.3 Å². The molecule has 1 fully saturated rings. The fourth-order valence-electron chi connectivity index (χ4n) is 2.66. The number of hydrogen-bond donors (Lipinski definition) is 1. The second-order valence-electron chi connectivity index (χ2n) is 5.76. The van der Waals surface area contributed by atoms with Gasteiger partial charge in [0.05, 0.1) is 31.0 Å². The Kier molecular flexibility index (Phi) is 5.25. The maximum atomic E-state index is 12.3. The molecule has 0 spiro atoms. The fourth-order valence-corrected chi connectivity index (χ4v) is 2.66. The van der Waals surface area contributed by atoms with Gasteiger partial charge in [-0.05, 0) is 18.2 Å². The summed E-state index contributed by atoms with van der Waals surface area (Å²) in [7, 11) is 0. The van der Waals surface area contributed by atoms with Crippen molar-refractivity contribution in [2.45, 2.75) is 12.5 Å². The zero-order valence-corrected chi connectivity index (χ0v) is 13.6. The SMILES string of the molecule is O=C(O)CC1CN(C(=O)/C=C/c2cnn(-c3ccccc3)c2)CCO1. The van der Waals surface area contributed by atoms with E-state index in [1.54, 1.807) is 21.9 Å². The summed E-state index contributed by atoms with van der Waals surface area (Å²) in [5.74, 6) is -1.09. The van der Waals surface area contributed by atoms with Crippen LogP contribution >= 0.6 is 0 Å². The number of amides is 1.